The molecule has 0 saturated heterocycles. The van der Waals surface area contributed by atoms with Crippen LogP contribution in [0.15, 0.2) is 18.2 Å². The Morgan fingerprint density at radius 2 is 2.07 bits per heavy atom. The van der Waals surface area contributed by atoms with Gasteiger partial charge in [0.05, 0.1) is 10.6 Å². The van der Waals surface area contributed by atoms with E-state index in [0.29, 0.717) is 0 Å². The normalized spacial score (nSPS) is 8.64. The predicted molar refractivity (Wildman–Crippen MR) is 54.9 cm³/mol. The highest BCUT2D eigenvalue weighted by atomic mass is 35.5. The van der Waals surface area contributed by atoms with Gasteiger partial charge in [0, 0.05) is 7.05 Å². The van der Waals surface area contributed by atoms with Crippen molar-refractivity contribution in [3.05, 3.63) is 34.6 Å². The molecule has 0 heterocycles. The second kappa shape index (κ2) is 6.34. The predicted octanol–water partition coefficient (Wildman–Crippen LogP) is 1.41. The van der Waals surface area contributed by atoms with E-state index in [4.69, 9.17) is 11.6 Å². The van der Waals surface area contributed by atoms with Crippen molar-refractivity contribution in [2.75, 3.05) is 14.1 Å². The highest BCUT2D eigenvalue weighted by Crippen LogP contribution is 2.16. The Hall–Kier alpha value is -1.13. The molecule has 0 atom stereocenters. The molecule has 0 bridgehead atoms. The van der Waals surface area contributed by atoms with E-state index in [1.165, 1.54) is 26.2 Å². The SMILES string of the molecule is CN.CNC(=O)c1cc(F)ccc1Cl. The second-order valence-electron chi connectivity index (χ2n) is 2.20. The lowest BCUT2D eigenvalue weighted by Crippen LogP contribution is -2.18. The van der Waals surface area contributed by atoms with Crippen LogP contribution in [0.4, 0.5) is 4.39 Å². The minimum absolute atomic E-state index is 0.152. The molecule has 5 heteroatoms. The molecule has 0 aliphatic rings. The van der Waals surface area contributed by atoms with Crippen LogP contribution < -0.4 is 11.1 Å². The van der Waals surface area contributed by atoms with Gasteiger partial charge < -0.3 is 11.1 Å². The summed E-state index contributed by atoms with van der Waals surface area (Å²) in [5.74, 6) is -0.863. The fraction of sp³-hybridized carbons (Fsp3) is 0.222. The Bertz CT molecular complexity index is 318. The van der Waals surface area contributed by atoms with Crippen LogP contribution in [0.2, 0.25) is 5.02 Å². The molecule has 0 unspecified atom stereocenters. The summed E-state index contributed by atoms with van der Waals surface area (Å²) in [5, 5.41) is 2.61. The molecule has 1 aromatic carbocycles. The third kappa shape index (κ3) is 3.32. The first-order valence-electron chi connectivity index (χ1n) is 3.90. The summed E-state index contributed by atoms with van der Waals surface area (Å²) < 4.78 is 12.6. The molecular weight excluding hydrogens is 207 g/mol. The van der Waals surface area contributed by atoms with Crippen molar-refractivity contribution in [3.63, 3.8) is 0 Å². The van der Waals surface area contributed by atoms with Gasteiger partial charge in [0.25, 0.3) is 5.91 Å². The molecule has 1 rings (SSSR count). The average molecular weight is 219 g/mol. The summed E-state index contributed by atoms with van der Waals surface area (Å²) in [6.07, 6.45) is 0. The van der Waals surface area contributed by atoms with E-state index in [-0.39, 0.29) is 16.5 Å². The molecule has 3 nitrogen and oxygen atoms in total. The van der Waals surface area contributed by atoms with Crippen molar-refractivity contribution in [1.82, 2.24) is 5.32 Å². The summed E-state index contributed by atoms with van der Waals surface area (Å²) in [6, 6.07) is 3.65. The van der Waals surface area contributed by atoms with Crippen molar-refractivity contribution in [2.24, 2.45) is 5.73 Å². The molecule has 0 aliphatic carbocycles. The summed E-state index contributed by atoms with van der Waals surface area (Å²) in [6.45, 7) is 0. The highest BCUT2D eigenvalue weighted by Gasteiger charge is 2.08. The number of benzene rings is 1. The molecule has 0 saturated carbocycles. The minimum atomic E-state index is -0.474. The summed E-state index contributed by atoms with van der Waals surface area (Å²) in [5.41, 5.74) is 4.65. The van der Waals surface area contributed by atoms with Crippen LogP contribution in [0, 0.1) is 5.82 Å². The molecule has 1 amide bonds. The zero-order chi connectivity index (χ0) is 11.1. The van der Waals surface area contributed by atoms with E-state index >= 15 is 0 Å². The Morgan fingerprint density at radius 1 is 1.50 bits per heavy atom. The van der Waals surface area contributed by atoms with Crippen LogP contribution in [0.3, 0.4) is 0 Å². The first-order valence-corrected chi connectivity index (χ1v) is 4.28. The molecule has 0 fully saturated rings. The van der Waals surface area contributed by atoms with Crippen LogP contribution in [0.5, 0.6) is 0 Å². The van der Waals surface area contributed by atoms with E-state index < -0.39 is 5.82 Å². The fourth-order valence-electron chi connectivity index (χ4n) is 0.806. The summed E-state index contributed by atoms with van der Waals surface area (Å²) >= 11 is 5.64. The van der Waals surface area contributed by atoms with E-state index in [0.717, 1.165) is 6.07 Å². The summed E-state index contributed by atoms with van der Waals surface area (Å²) in [7, 11) is 2.96. The molecule has 1 aromatic rings. The zero-order valence-corrected chi connectivity index (χ0v) is 8.73. The van der Waals surface area contributed by atoms with Gasteiger partial charge in [-0.1, -0.05) is 11.6 Å². The van der Waals surface area contributed by atoms with Crippen LogP contribution in [0.1, 0.15) is 10.4 Å². The van der Waals surface area contributed by atoms with Gasteiger partial charge in [0.15, 0.2) is 0 Å². The maximum Gasteiger partial charge on any atom is 0.252 e. The van der Waals surface area contributed by atoms with Gasteiger partial charge in [-0.3, -0.25) is 4.79 Å². The molecule has 14 heavy (non-hydrogen) atoms. The Kier molecular flexibility index (Phi) is 5.83. The van der Waals surface area contributed by atoms with Crippen LogP contribution in [0.25, 0.3) is 0 Å². The maximum absolute atomic E-state index is 12.6. The van der Waals surface area contributed by atoms with Gasteiger partial charge in [0.2, 0.25) is 0 Å². The maximum atomic E-state index is 12.6. The Labute approximate surface area is 87.1 Å². The minimum Gasteiger partial charge on any atom is -0.355 e. The van der Waals surface area contributed by atoms with Gasteiger partial charge >= 0.3 is 0 Å². The van der Waals surface area contributed by atoms with Gasteiger partial charge in [-0.15, -0.1) is 0 Å². The van der Waals surface area contributed by atoms with Crippen molar-refractivity contribution in [2.45, 2.75) is 0 Å². The third-order valence-electron chi connectivity index (χ3n) is 1.40. The lowest BCUT2D eigenvalue weighted by atomic mass is 10.2. The molecule has 0 radical (unpaired) electrons. The van der Waals surface area contributed by atoms with Crippen LogP contribution in [-0.2, 0) is 0 Å². The number of nitrogens with two attached hydrogens (primary N) is 1. The Morgan fingerprint density at radius 3 is 2.57 bits per heavy atom. The molecule has 0 aromatic heterocycles. The molecular formula is C9H12ClFN2O. The van der Waals surface area contributed by atoms with Gasteiger partial charge in [0.1, 0.15) is 5.82 Å². The quantitative estimate of drug-likeness (QED) is 0.749. The smallest absolute Gasteiger partial charge is 0.252 e. The fourth-order valence-corrected chi connectivity index (χ4v) is 1.01. The number of nitrogens with one attached hydrogen (secondary N) is 1. The number of halogens is 2. The van der Waals surface area contributed by atoms with E-state index in [2.05, 4.69) is 11.1 Å². The van der Waals surface area contributed by atoms with Crippen LogP contribution >= 0.6 is 11.6 Å². The molecule has 3 N–H and O–H groups in total. The van der Waals surface area contributed by atoms with Crippen molar-refractivity contribution in [1.29, 1.82) is 0 Å². The van der Waals surface area contributed by atoms with Crippen molar-refractivity contribution < 1.29 is 9.18 Å². The van der Waals surface area contributed by atoms with E-state index in [1.807, 2.05) is 0 Å². The van der Waals surface area contributed by atoms with Crippen molar-refractivity contribution >= 4 is 17.5 Å². The van der Waals surface area contributed by atoms with Gasteiger partial charge in [-0.05, 0) is 25.2 Å². The second-order valence-corrected chi connectivity index (χ2v) is 2.61. The molecule has 0 spiro atoms. The number of amides is 1. The average Bonchev–Trinajstić information content (AvgIpc) is 2.23. The Balaban J connectivity index is 0.000000791. The lowest BCUT2D eigenvalue weighted by Gasteiger charge is -2.01. The number of rotatable bonds is 1. The first-order chi connectivity index (χ1) is 6.65. The van der Waals surface area contributed by atoms with Crippen molar-refractivity contribution in [3.8, 4) is 0 Å². The topological polar surface area (TPSA) is 55.1 Å². The van der Waals surface area contributed by atoms with Crippen LogP contribution in [-0.4, -0.2) is 20.0 Å². The largest absolute Gasteiger partial charge is 0.355 e. The lowest BCUT2D eigenvalue weighted by molar-refractivity contribution is 0.0963. The van der Waals surface area contributed by atoms with Gasteiger partial charge in [-0.25, -0.2) is 4.39 Å². The van der Waals surface area contributed by atoms with E-state index in [9.17, 15) is 9.18 Å². The van der Waals surface area contributed by atoms with E-state index in [1.54, 1.807) is 0 Å². The molecule has 78 valence electrons. The number of hydrogen-bond donors (Lipinski definition) is 2. The molecule has 0 aliphatic heterocycles. The summed E-state index contributed by atoms with van der Waals surface area (Å²) in [4.78, 5) is 11.0. The number of carbonyl (C=O) groups is 1. The number of hydrogen-bond acceptors (Lipinski definition) is 2. The number of carbonyl (C=O) groups excluding carboxylic acids is 1. The zero-order valence-electron chi connectivity index (χ0n) is 7.97. The highest BCUT2D eigenvalue weighted by molar-refractivity contribution is 6.33. The third-order valence-corrected chi connectivity index (χ3v) is 1.73. The van der Waals surface area contributed by atoms with Gasteiger partial charge in [-0.2, -0.15) is 0 Å². The monoisotopic (exact) mass is 218 g/mol. The standard InChI is InChI=1S/C8H7ClFNO.CH5N/c1-11-8(12)6-4-5(10)2-3-7(6)9;1-2/h2-4H,1H3,(H,11,12);2H2,1H3. The first kappa shape index (κ1) is 12.9.